The molecule has 4 rings (SSSR count). The molecule has 1 aromatic carbocycles. The van der Waals surface area contributed by atoms with Crippen LogP contribution in [0.4, 0.5) is 5.82 Å². The van der Waals surface area contributed by atoms with E-state index < -0.39 is 0 Å². The Labute approximate surface area is 153 Å². The van der Waals surface area contributed by atoms with Gasteiger partial charge in [0.15, 0.2) is 0 Å². The van der Waals surface area contributed by atoms with Crippen molar-refractivity contribution in [1.82, 2.24) is 14.7 Å². The van der Waals surface area contributed by atoms with Gasteiger partial charge < -0.3 is 10.2 Å². The number of carbonyl (C=O) groups is 2. The Morgan fingerprint density at radius 3 is 2.58 bits per heavy atom. The Morgan fingerprint density at radius 1 is 1.12 bits per heavy atom. The maximum Gasteiger partial charge on any atom is 0.231 e. The highest BCUT2D eigenvalue weighted by Crippen LogP contribution is 2.32. The van der Waals surface area contributed by atoms with E-state index in [1.807, 2.05) is 39.9 Å². The van der Waals surface area contributed by atoms with Gasteiger partial charge in [0, 0.05) is 25.1 Å². The van der Waals surface area contributed by atoms with Gasteiger partial charge in [0.25, 0.3) is 0 Å². The van der Waals surface area contributed by atoms with Gasteiger partial charge in [-0.2, -0.15) is 5.10 Å². The van der Waals surface area contributed by atoms with Crippen molar-refractivity contribution in [2.45, 2.75) is 38.6 Å². The molecule has 136 valence electrons. The summed E-state index contributed by atoms with van der Waals surface area (Å²) in [6.45, 7) is 2.09. The first-order valence-corrected chi connectivity index (χ1v) is 9.42. The molecule has 0 aliphatic carbocycles. The quantitative estimate of drug-likeness (QED) is 0.923. The third kappa shape index (κ3) is 3.36. The average molecular weight is 352 g/mol. The van der Waals surface area contributed by atoms with E-state index in [4.69, 9.17) is 0 Å². The van der Waals surface area contributed by atoms with Crippen molar-refractivity contribution in [3.05, 3.63) is 36.5 Å². The molecule has 0 spiro atoms. The molecule has 1 fully saturated rings. The van der Waals surface area contributed by atoms with Crippen molar-refractivity contribution >= 4 is 17.6 Å². The molecule has 2 aromatic rings. The zero-order valence-corrected chi connectivity index (χ0v) is 14.9. The number of carbonyl (C=O) groups excluding carboxylic acids is 2. The molecule has 1 N–H and O–H groups in total. The number of nitrogens with one attached hydrogen (secondary N) is 1. The molecule has 2 aliphatic heterocycles. The summed E-state index contributed by atoms with van der Waals surface area (Å²) in [4.78, 5) is 27.1. The molecule has 1 unspecified atom stereocenters. The number of hydrogen-bond donors (Lipinski definition) is 1. The van der Waals surface area contributed by atoms with Gasteiger partial charge in [-0.1, -0.05) is 43.2 Å². The summed E-state index contributed by atoms with van der Waals surface area (Å²) in [5, 5.41) is 7.40. The van der Waals surface area contributed by atoms with Crippen molar-refractivity contribution in [1.29, 1.82) is 0 Å². The summed E-state index contributed by atoms with van der Waals surface area (Å²) in [6, 6.07) is 9.89. The van der Waals surface area contributed by atoms with E-state index in [9.17, 15) is 9.59 Å². The molecule has 0 bridgehead atoms. The second kappa shape index (κ2) is 7.32. The molecule has 26 heavy (non-hydrogen) atoms. The molecule has 1 aromatic heterocycles. The maximum absolute atomic E-state index is 12.6. The zero-order chi connectivity index (χ0) is 17.9. The summed E-state index contributed by atoms with van der Waals surface area (Å²) >= 11 is 0. The Bertz CT molecular complexity index is 791. The molecular formula is C20H24N4O2. The molecule has 1 atom stereocenters. The second-order valence-corrected chi connectivity index (χ2v) is 7.14. The van der Waals surface area contributed by atoms with E-state index in [1.54, 1.807) is 6.20 Å². The van der Waals surface area contributed by atoms with Crippen molar-refractivity contribution < 1.29 is 9.59 Å². The van der Waals surface area contributed by atoms with Gasteiger partial charge in [-0.15, -0.1) is 0 Å². The van der Waals surface area contributed by atoms with Crippen molar-refractivity contribution in [2.75, 3.05) is 18.4 Å². The van der Waals surface area contributed by atoms with Gasteiger partial charge in [-0.25, -0.2) is 4.68 Å². The van der Waals surface area contributed by atoms with Gasteiger partial charge in [-0.05, 0) is 18.4 Å². The highest BCUT2D eigenvalue weighted by Gasteiger charge is 2.32. The second-order valence-electron chi connectivity index (χ2n) is 7.14. The normalized spacial score (nSPS) is 20.2. The molecule has 6 nitrogen and oxygen atoms in total. The lowest BCUT2D eigenvalue weighted by atomic mass is 10.0. The standard InChI is InChI=1S/C20H24N4O2/c25-18(23-10-6-1-2-7-11-23)12-16-14-24-19(22-20(16)26)17(13-21-24)15-8-4-3-5-9-15/h3-5,8-9,13,16H,1-2,6-7,10-12,14H2,(H,22,26). The summed E-state index contributed by atoms with van der Waals surface area (Å²) < 4.78 is 1.81. The summed E-state index contributed by atoms with van der Waals surface area (Å²) in [7, 11) is 0. The maximum atomic E-state index is 12.6. The molecule has 3 heterocycles. The van der Waals surface area contributed by atoms with Crippen LogP contribution < -0.4 is 5.32 Å². The highest BCUT2D eigenvalue weighted by atomic mass is 16.2. The van der Waals surface area contributed by atoms with E-state index >= 15 is 0 Å². The van der Waals surface area contributed by atoms with Crippen LogP contribution in [0.1, 0.15) is 32.1 Å². The molecule has 2 aliphatic rings. The van der Waals surface area contributed by atoms with E-state index in [0.29, 0.717) is 6.54 Å². The summed E-state index contributed by atoms with van der Waals surface area (Å²) in [6.07, 6.45) is 6.54. The van der Waals surface area contributed by atoms with Crippen LogP contribution in [0.3, 0.4) is 0 Å². The Balaban J connectivity index is 1.48. The number of hydrogen-bond acceptors (Lipinski definition) is 3. The van der Waals surface area contributed by atoms with Gasteiger partial charge in [0.2, 0.25) is 11.8 Å². The number of likely N-dealkylation sites (tertiary alicyclic amines) is 1. The summed E-state index contributed by atoms with van der Waals surface area (Å²) in [5.74, 6) is 0.366. The first-order chi connectivity index (χ1) is 12.7. The fourth-order valence-electron chi connectivity index (χ4n) is 3.81. The van der Waals surface area contributed by atoms with Gasteiger partial charge in [0.05, 0.1) is 18.7 Å². The number of fused-ring (bicyclic) bond motifs is 1. The number of rotatable bonds is 3. The van der Waals surface area contributed by atoms with Crippen LogP contribution in [0.25, 0.3) is 11.1 Å². The van der Waals surface area contributed by atoms with Crippen LogP contribution in [-0.2, 0) is 16.1 Å². The molecule has 2 amide bonds. The van der Waals surface area contributed by atoms with Crippen molar-refractivity contribution in [2.24, 2.45) is 5.92 Å². The first kappa shape index (κ1) is 16.8. The Morgan fingerprint density at radius 2 is 1.85 bits per heavy atom. The smallest absolute Gasteiger partial charge is 0.231 e. The van der Waals surface area contributed by atoms with Crippen LogP contribution in [0.15, 0.2) is 36.5 Å². The lowest BCUT2D eigenvalue weighted by molar-refractivity contribution is -0.135. The van der Waals surface area contributed by atoms with E-state index in [2.05, 4.69) is 10.4 Å². The molecule has 1 saturated heterocycles. The topological polar surface area (TPSA) is 67.2 Å². The van der Waals surface area contributed by atoms with Crippen LogP contribution in [0.2, 0.25) is 0 Å². The average Bonchev–Trinajstić information content (AvgIpc) is 2.88. The fraction of sp³-hybridized carbons (Fsp3) is 0.450. The van der Waals surface area contributed by atoms with E-state index in [0.717, 1.165) is 42.9 Å². The number of benzene rings is 1. The minimum Gasteiger partial charge on any atom is -0.343 e. The number of nitrogens with zero attached hydrogens (tertiary/aromatic N) is 3. The number of aromatic nitrogens is 2. The van der Waals surface area contributed by atoms with Gasteiger partial charge >= 0.3 is 0 Å². The summed E-state index contributed by atoms with van der Waals surface area (Å²) in [5.41, 5.74) is 1.93. The first-order valence-electron chi connectivity index (χ1n) is 9.42. The lowest BCUT2D eigenvalue weighted by Crippen LogP contribution is -2.39. The Kier molecular flexibility index (Phi) is 4.73. The van der Waals surface area contributed by atoms with Crippen molar-refractivity contribution in [3.8, 4) is 11.1 Å². The number of anilines is 1. The zero-order valence-electron chi connectivity index (χ0n) is 14.9. The largest absolute Gasteiger partial charge is 0.343 e. The van der Waals surface area contributed by atoms with Gasteiger partial charge in [0.1, 0.15) is 5.82 Å². The highest BCUT2D eigenvalue weighted by molar-refractivity contribution is 5.98. The SMILES string of the molecule is O=C1Nc2c(-c3ccccc3)cnn2CC1CC(=O)N1CCCCCC1. The minimum atomic E-state index is -0.359. The van der Waals surface area contributed by atoms with E-state index in [-0.39, 0.29) is 24.2 Å². The van der Waals surface area contributed by atoms with Crippen molar-refractivity contribution in [3.63, 3.8) is 0 Å². The predicted octanol–water partition coefficient (Wildman–Crippen LogP) is 2.91. The van der Waals surface area contributed by atoms with Crippen LogP contribution in [0.5, 0.6) is 0 Å². The molecule has 0 saturated carbocycles. The van der Waals surface area contributed by atoms with Crippen LogP contribution in [-0.4, -0.2) is 39.6 Å². The fourth-order valence-corrected chi connectivity index (χ4v) is 3.81. The molecule has 0 radical (unpaired) electrons. The Hall–Kier alpha value is -2.63. The van der Waals surface area contributed by atoms with Crippen LogP contribution in [0, 0.1) is 5.92 Å². The number of amides is 2. The van der Waals surface area contributed by atoms with Gasteiger partial charge in [-0.3, -0.25) is 9.59 Å². The predicted molar refractivity (Wildman–Crippen MR) is 99.4 cm³/mol. The van der Waals surface area contributed by atoms with Crippen LogP contribution >= 0.6 is 0 Å². The lowest BCUT2D eigenvalue weighted by Gasteiger charge is -2.27. The third-order valence-electron chi connectivity index (χ3n) is 5.31. The molecular weight excluding hydrogens is 328 g/mol. The monoisotopic (exact) mass is 352 g/mol. The molecule has 6 heteroatoms. The van der Waals surface area contributed by atoms with E-state index in [1.165, 1.54) is 12.8 Å². The minimum absolute atomic E-state index is 0.0849. The third-order valence-corrected chi connectivity index (χ3v) is 5.31.